The number of halogens is 1. The molecule has 0 aliphatic heterocycles. The van der Waals surface area contributed by atoms with Crippen molar-refractivity contribution in [3.05, 3.63) is 35.6 Å². The number of rotatable bonds is 4. The minimum Gasteiger partial charge on any atom is -0.386 e. The van der Waals surface area contributed by atoms with Gasteiger partial charge in [-0.3, -0.25) is 4.79 Å². The summed E-state index contributed by atoms with van der Waals surface area (Å²) >= 11 is 0. The van der Waals surface area contributed by atoms with Crippen LogP contribution in [0.2, 0.25) is 0 Å². The predicted molar refractivity (Wildman–Crippen MR) is 80.3 cm³/mol. The first-order valence-corrected chi connectivity index (χ1v) is 8.30. The van der Waals surface area contributed by atoms with Crippen LogP contribution in [0.1, 0.15) is 37.9 Å². The molecule has 2 N–H and O–H groups in total. The minimum absolute atomic E-state index is 0.0975. The average molecular weight is 303 g/mol. The van der Waals surface area contributed by atoms with Crippen molar-refractivity contribution in [1.82, 2.24) is 5.32 Å². The van der Waals surface area contributed by atoms with Crippen LogP contribution in [-0.4, -0.2) is 17.1 Å². The molecule has 3 saturated carbocycles. The Bertz CT molecular complexity index is 571. The van der Waals surface area contributed by atoms with Gasteiger partial charge in [-0.15, -0.1) is 0 Å². The molecule has 3 aliphatic rings. The number of aliphatic hydroxyl groups is 1. The van der Waals surface area contributed by atoms with E-state index in [9.17, 15) is 14.3 Å². The minimum atomic E-state index is -0.806. The van der Waals surface area contributed by atoms with Crippen molar-refractivity contribution in [2.75, 3.05) is 0 Å². The summed E-state index contributed by atoms with van der Waals surface area (Å²) in [6.45, 7) is 1.80. The van der Waals surface area contributed by atoms with Crippen LogP contribution >= 0.6 is 0 Å². The molecule has 1 amide bonds. The molecular formula is C18H22FNO2. The summed E-state index contributed by atoms with van der Waals surface area (Å²) in [7, 11) is 0. The lowest BCUT2D eigenvalue weighted by atomic mass is 10.0. The van der Waals surface area contributed by atoms with Crippen LogP contribution in [0, 0.1) is 35.4 Å². The predicted octanol–water partition coefficient (Wildman–Crippen LogP) is 2.66. The molecule has 1 aromatic rings. The monoisotopic (exact) mass is 303 g/mol. The van der Waals surface area contributed by atoms with E-state index in [4.69, 9.17) is 0 Å². The SMILES string of the molecule is CC(NC(=O)C1C2C3CCC(C3)C12)C(O)c1ccc(F)cc1. The fourth-order valence-electron chi connectivity index (χ4n) is 5.02. The molecule has 0 spiro atoms. The second-order valence-electron chi connectivity index (χ2n) is 7.31. The van der Waals surface area contributed by atoms with Crippen molar-refractivity contribution in [2.45, 2.75) is 38.3 Å². The molecule has 3 fully saturated rings. The van der Waals surface area contributed by atoms with E-state index in [1.165, 1.54) is 31.4 Å². The van der Waals surface area contributed by atoms with E-state index in [1.54, 1.807) is 19.1 Å². The van der Waals surface area contributed by atoms with Gasteiger partial charge in [-0.05, 0) is 67.6 Å². The van der Waals surface area contributed by atoms with Crippen LogP contribution in [0.15, 0.2) is 24.3 Å². The topological polar surface area (TPSA) is 49.3 Å². The molecule has 0 aromatic heterocycles. The molecule has 4 heteroatoms. The number of carbonyl (C=O) groups excluding carboxylic acids is 1. The maximum atomic E-state index is 12.9. The number of hydrogen-bond acceptors (Lipinski definition) is 2. The fraction of sp³-hybridized carbons (Fsp3) is 0.611. The Kier molecular flexibility index (Phi) is 3.26. The first-order chi connectivity index (χ1) is 10.6. The zero-order valence-electron chi connectivity index (χ0n) is 12.7. The first-order valence-electron chi connectivity index (χ1n) is 8.30. The number of nitrogens with one attached hydrogen (secondary N) is 1. The van der Waals surface area contributed by atoms with Gasteiger partial charge in [-0.2, -0.15) is 0 Å². The van der Waals surface area contributed by atoms with Gasteiger partial charge in [0.25, 0.3) is 0 Å². The maximum Gasteiger partial charge on any atom is 0.224 e. The van der Waals surface area contributed by atoms with Gasteiger partial charge in [0, 0.05) is 5.92 Å². The highest BCUT2D eigenvalue weighted by Gasteiger charge is 2.67. The van der Waals surface area contributed by atoms with Crippen LogP contribution in [0.3, 0.4) is 0 Å². The zero-order valence-corrected chi connectivity index (χ0v) is 12.7. The maximum absolute atomic E-state index is 12.9. The molecule has 4 rings (SSSR count). The van der Waals surface area contributed by atoms with E-state index < -0.39 is 6.10 Å². The number of benzene rings is 1. The van der Waals surface area contributed by atoms with Crippen molar-refractivity contribution >= 4 is 5.91 Å². The fourth-order valence-corrected chi connectivity index (χ4v) is 5.02. The summed E-state index contributed by atoms with van der Waals surface area (Å²) in [5, 5.41) is 13.3. The molecule has 1 aromatic carbocycles. The van der Waals surface area contributed by atoms with Crippen LogP contribution in [-0.2, 0) is 4.79 Å². The number of aliphatic hydroxyl groups excluding tert-OH is 1. The highest BCUT2D eigenvalue weighted by Crippen LogP contribution is 2.69. The van der Waals surface area contributed by atoms with Crippen molar-refractivity contribution in [1.29, 1.82) is 0 Å². The summed E-state index contributed by atoms with van der Waals surface area (Å²) in [6, 6.07) is 5.42. The van der Waals surface area contributed by atoms with Crippen molar-refractivity contribution in [3.63, 3.8) is 0 Å². The van der Waals surface area contributed by atoms with Gasteiger partial charge in [0.1, 0.15) is 5.82 Å². The molecule has 6 unspecified atom stereocenters. The van der Waals surface area contributed by atoms with E-state index in [2.05, 4.69) is 5.32 Å². The molecule has 3 aliphatic carbocycles. The van der Waals surface area contributed by atoms with E-state index in [1.807, 2.05) is 0 Å². The standard InChI is InChI=1S/C18H22FNO2/c1-9(17(21)10-4-6-13(19)7-5-10)20-18(22)16-14-11-2-3-12(8-11)15(14)16/h4-7,9,11-12,14-17,21H,2-3,8H2,1H3,(H,20,22). The van der Waals surface area contributed by atoms with Gasteiger partial charge in [0.15, 0.2) is 0 Å². The van der Waals surface area contributed by atoms with E-state index in [0.717, 1.165) is 11.8 Å². The van der Waals surface area contributed by atoms with Gasteiger partial charge < -0.3 is 10.4 Å². The number of hydrogen-bond donors (Lipinski definition) is 2. The normalized spacial score (nSPS) is 37.5. The van der Waals surface area contributed by atoms with E-state index in [-0.39, 0.29) is 23.7 Å². The number of fused-ring (bicyclic) bond motifs is 5. The quantitative estimate of drug-likeness (QED) is 0.898. The molecule has 118 valence electrons. The third-order valence-corrected chi connectivity index (χ3v) is 6.09. The Morgan fingerprint density at radius 3 is 2.41 bits per heavy atom. The Morgan fingerprint density at radius 2 is 1.82 bits per heavy atom. The third kappa shape index (κ3) is 2.16. The molecule has 6 atom stereocenters. The van der Waals surface area contributed by atoms with E-state index >= 15 is 0 Å². The molecule has 22 heavy (non-hydrogen) atoms. The molecule has 2 bridgehead atoms. The van der Waals surface area contributed by atoms with Gasteiger partial charge in [-0.25, -0.2) is 4.39 Å². The second-order valence-corrected chi connectivity index (χ2v) is 7.31. The molecule has 0 radical (unpaired) electrons. The van der Waals surface area contributed by atoms with Gasteiger partial charge in [0.2, 0.25) is 5.91 Å². The smallest absolute Gasteiger partial charge is 0.224 e. The lowest BCUT2D eigenvalue weighted by Gasteiger charge is -2.21. The zero-order chi connectivity index (χ0) is 15.4. The van der Waals surface area contributed by atoms with Crippen LogP contribution in [0.25, 0.3) is 0 Å². The second kappa shape index (κ2) is 5.05. The summed E-state index contributed by atoms with van der Waals surface area (Å²) in [4.78, 5) is 12.5. The van der Waals surface area contributed by atoms with Crippen molar-refractivity contribution in [2.24, 2.45) is 29.6 Å². The lowest BCUT2D eigenvalue weighted by Crippen LogP contribution is -2.39. The highest BCUT2D eigenvalue weighted by molar-refractivity contribution is 5.83. The Hall–Kier alpha value is -1.42. The van der Waals surface area contributed by atoms with Gasteiger partial charge in [0.05, 0.1) is 12.1 Å². The van der Waals surface area contributed by atoms with Gasteiger partial charge >= 0.3 is 0 Å². The largest absolute Gasteiger partial charge is 0.386 e. The number of amides is 1. The summed E-state index contributed by atoms with van der Waals surface area (Å²) in [6.07, 6.45) is 3.11. The molecule has 0 saturated heterocycles. The van der Waals surface area contributed by atoms with Crippen molar-refractivity contribution < 1.29 is 14.3 Å². The Balaban J connectivity index is 1.37. The Labute approximate surface area is 129 Å². The van der Waals surface area contributed by atoms with Gasteiger partial charge in [-0.1, -0.05) is 12.1 Å². The van der Waals surface area contributed by atoms with Crippen LogP contribution < -0.4 is 5.32 Å². The first kappa shape index (κ1) is 14.2. The lowest BCUT2D eigenvalue weighted by molar-refractivity contribution is -0.124. The molecule has 0 heterocycles. The summed E-state index contributed by atoms with van der Waals surface area (Å²) in [5.74, 6) is 2.69. The number of carbonyl (C=O) groups is 1. The van der Waals surface area contributed by atoms with E-state index in [0.29, 0.717) is 17.4 Å². The Morgan fingerprint density at radius 1 is 1.23 bits per heavy atom. The van der Waals surface area contributed by atoms with Crippen LogP contribution in [0.5, 0.6) is 0 Å². The molecule has 3 nitrogen and oxygen atoms in total. The van der Waals surface area contributed by atoms with Crippen molar-refractivity contribution in [3.8, 4) is 0 Å². The highest BCUT2D eigenvalue weighted by atomic mass is 19.1. The average Bonchev–Trinajstić information content (AvgIpc) is 2.96. The third-order valence-electron chi connectivity index (χ3n) is 6.09. The van der Waals surface area contributed by atoms with Crippen LogP contribution in [0.4, 0.5) is 4.39 Å². The molecular weight excluding hydrogens is 281 g/mol. The summed E-state index contributed by atoms with van der Waals surface area (Å²) < 4.78 is 12.9. The summed E-state index contributed by atoms with van der Waals surface area (Å²) in [5.41, 5.74) is 0.630.